The zero-order chi connectivity index (χ0) is 15.4. The van der Waals surface area contributed by atoms with Crippen LogP contribution in [0.4, 0.5) is 5.69 Å². The van der Waals surface area contributed by atoms with Gasteiger partial charge in [0, 0.05) is 28.4 Å². The third-order valence-electron chi connectivity index (χ3n) is 2.81. The number of anilines is 1. The molecule has 1 N–H and O–H groups in total. The van der Waals surface area contributed by atoms with Crippen LogP contribution in [0.1, 0.15) is 9.88 Å². The van der Waals surface area contributed by atoms with Crippen molar-refractivity contribution >= 4 is 29.0 Å². The summed E-state index contributed by atoms with van der Waals surface area (Å²) in [5.41, 5.74) is 1.52. The van der Waals surface area contributed by atoms with Crippen molar-refractivity contribution in [2.24, 2.45) is 0 Å². The monoisotopic (exact) mass is 312 g/mol. The van der Waals surface area contributed by atoms with Gasteiger partial charge < -0.3 is 9.84 Å². The number of nitrogens with one attached hydrogen (secondary N) is 1. The fourth-order valence-corrected chi connectivity index (χ4v) is 2.49. The quantitative estimate of drug-likeness (QED) is 0.748. The van der Waals surface area contributed by atoms with Crippen LogP contribution in [-0.2, 0) is 4.79 Å². The number of rotatable bonds is 4. The van der Waals surface area contributed by atoms with Crippen molar-refractivity contribution in [1.29, 1.82) is 0 Å². The lowest BCUT2D eigenvalue weighted by molar-refractivity contribution is -0.111. The van der Waals surface area contributed by atoms with Crippen molar-refractivity contribution < 1.29 is 9.32 Å². The van der Waals surface area contributed by atoms with E-state index in [2.05, 4.69) is 20.4 Å². The van der Waals surface area contributed by atoms with Crippen LogP contribution in [0.2, 0.25) is 0 Å². The Morgan fingerprint density at radius 3 is 2.73 bits per heavy atom. The minimum Gasteiger partial charge on any atom is -0.342 e. The molecule has 0 fully saturated rings. The number of nitrogens with zero attached hydrogens (tertiary/aromatic N) is 3. The molecule has 1 amide bonds. The van der Waals surface area contributed by atoms with E-state index in [1.165, 1.54) is 23.8 Å². The van der Waals surface area contributed by atoms with E-state index in [-0.39, 0.29) is 5.91 Å². The molecule has 0 spiro atoms. The van der Waals surface area contributed by atoms with E-state index in [1.807, 2.05) is 19.1 Å². The van der Waals surface area contributed by atoms with Crippen molar-refractivity contribution in [1.82, 2.24) is 15.1 Å². The smallest absolute Gasteiger partial charge is 0.248 e. The van der Waals surface area contributed by atoms with Gasteiger partial charge in [0.1, 0.15) is 0 Å². The van der Waals surface area contributed by atoms with Gasteiger partial charge in [0.15, 0.2) is 0 Å². The molecule has 0 saturated heterocycles. The number of amides is 1. The number of thiazole rings is 1. The van der Waals surface area contributed by atoms with Crippen molar-refractivity contribution in [3.63, 3.8) is 0 Å². The number of benzene rings is 1. The third kappa shape index (κ3) is 3.44. The predicted molar refractivity (Wildman–Crippen MR) is 84.2 cm³/mol. The molecule has 22 heavy (non-hydrogen) atoms. The second-order valence-corrected chi connectivity index (χ2v) is 5.70. The molecule has 3 aromatic rings. The van der Waals surface area contributed by atoms with Crippen LogP contribution in [0, 0.1) is 6.92 Å². The van der Waals surface area contributed by atoms with Crippen LogP contribution >= 0.6 is 11.3 Å². The second-order valence-electron chi connectivity index (χ2n) is 4.44. The minimum absolute atomic E-state index is 0.196. The molecular formula is C15H12N4O2S. The van der Waals surface area contributed by atoms with Gasteiger partial charge in [-0.15, -0.1) is 11.3 Å². The highest BCUT2D eigenvalue weighted by molar-refractivity contribution is 7.12. The van der Waals surface area contributed by atoms with E-state index < -0.39 is 0 Å². The molecule has 2 aromatic heterocycles. The molecule has 0 atom stereocenters. The maximum Gasteiger partial charge on any atom is 0.248 e. The van der Waals surface area contributed by atoms with E-state index in [0.29, 0.717) is 11.5 Å². The largest absolute Gasteiger partial charge is 0.342 e. The Labute approximate surface area is 130 Å². The van der Waals surface area contributed by atoms with Crippen molar-refractivity contribution in [3.8, 4) is 11.4 Å². The van der Waals surface area contributed by atoms with Crippen LogP contribution in [0.15, 0.2) is 47.5 Å². The lowest BCUT2D eigenvalue weighted by Gasteiger charge is -2.02. The summed E-state index contributed by atoms with van der Waals surface area (Å²) < 4.78 is 4.70. The summed E-state index contributed by atoms with van der Waals surface area (Å²) in [6.07, 6.45) is 6.24. The molecule has 0 bridgehead atoms. The van der Waals surface area contributed by atoms with E-state index >= 15 is 0 Å². The molecule has 0 radical (unpaired) electrons. The molecule has 0 unspecified atom stereocenters. The zero-order valence-electron chi connectivity index (χ0n) is 11.7. The first kappa shape index (κ1) is 14.2. The summed E-state index contributed by atoms with van der Waals surface area (Å²) in [4.78, 5) is 20.9. The molecule has 0 aliphatic carbocycles. The van der Waals surface area contributed by atoms with Gasteiger partial charge in [-0.1, -0.05) is 5.16 Å². The van der Waals surface area contributed by atoms with Crippen LogP contribution in [0.5, 0.6) is 0 Å². The topological polar surface area (TPSA) is 80.9 Å². The number of carbonyl (C=O) groups excluding carboxylic acids is 1. The first-order chi connectivity index (χ1) is 10.7. The van der Waals surface area contributed by atoms with Crippen LogP contribution in [0.3, 0.4) is 0 Å². The minimum atomic E-state index is -0.196. The highest BCUT2D eigenvalue weighted by Gasteiger charge is 2.03. The van der Waals surface area contributed by atoms with Gasteiger partial charge in [0.2, 0.25) is 18.1 Å². The van der Waals surface area contributed by atoms with Crippen molar-refractivity contribution in [2.45, 2.75) is 6.92 Å². The predicted octanol–water partition coefficient (Wildman–Crippen LogP) is 3.15. The average Bonchev–Trinajstić information content (AvgIpc) is 3.17. The SMILES string of the molecule is Cc1ncc(/C=C/C(=O)Nc2ccc(-c3ncon3)cc2)s1. The van der Waals surface area contributed by atoms with Crippen molar-refractivity contribution in [2.75, 3.05) is 5.32 Å². The van der Waals surface area contributed by atoms with Gasteiger partial charge in [-0.3, -0.25) is 4.79 Å². The molecule has 1 aromatic carbocycles. The summed E-state index contributed by atoms with van der Waals surface area (Å²) in [6.45, 7) is 1.92. The van der Waals surface area contributed by atoms with Crippen LogP contribution in [-0.4, -0.2) is 21.0 Å². The van der Waals surface area contributed by atoms with Crippen LogP contribution in [0.25, 0.3) is 17.5 Å². The summed E-state index contributed by atoms with van der Waals surface area (Å²) in [6, 6.07) is 7.20. The molecule has 2 heterocycles. The van der Waals surface area contributed by atoms with Crippen LogP contribution < -0.4 is 5.32 Å². The van der Waals surface area contributed by atoms with Gasteiger partial charge in [-0.05, 0) is 37.3 Å². The lowest BCUT2D eigenvalue weighted by atomic mass is 10.2. The van der Waals surface area contributed by atoms with Gasteiger partial charge in [0.25, 0.3) is 0 Å². The number of carbonyl (C=O) groups is 1. The van der Waals surface area contributed by atoms with E-state index in [1.54, 1.807) is 24.4 Å². The Bertz CT molecular complexity index is 791. The molecule has 0 aliphatic rings. The fraction of sp³-hybridized carbons (Fsp3) is 0.0667. The normalized spacial score (nSPS) is 11.0. The lowest BCUT2D eigenvalue weighted by Crippen LogP contribution is -2.07. The van der Waals surface area contributed by atoms with Gasteiger partial charge in [0.05, 0.1) is 5.01 Å². The zero-order valence-corrected chi connectivity index (χ0v) is 12.5. The van der Waals surface area contributed by atoms with E-state index in [0.717, 1.165) is 15.4 Å². The van der Waals surface area contributed by atoms with E-state index in [4.69, 9.17) is 4.52 Å². The summed E-state index contributed by atoms with van der Waals surface area (Å²) >= 11 is 1.54. The van der Waals surface area contributed by atoms with Gasteiger partial charge in [-0.2, -0.15) is 4.98 Å². The molecule has 110 valence electrons. The Balaban J connectivity index is 1.63. The summed E-state index contributed by atoms with van der Waals surface area (Å²) in [5, 5.41) is 7.51. The Kier molecular flexibility index (Phi) is 4.06. The molecular weight excluding hydrogens is 300 g/mol. The third-order valence-corrected chi connectivity index (χ3v) is 3.69. The summed E-state index contributed by atoms with van der Waals surface area (Å²) in [7, 11) is 0. The van der Waals surface area contributed by atoms with Crippen molar-refractivity contribution in [3.05, 3.63) is 52.8 Å². The van der Waals surface area contributed by atoms with Gasteiger partial charge in [-0.25, -0.2) is 4.98 Å². The highest BCUT2D eigenvalue weighted by Crippen LogP contribution is 2.18. The molecule has 3 rings (SSSR count). The number of aromatic nitrogens is 3. The standard InChI is InChI=1S/C15H12N4O2S/c1-10-16-8-13(22-10)6-7-14(20)18-12-4-2-11(3-5-12)15-17-9-21-19-15/h2-9H,1H3,(H,18,20)/b7-6+. The number of hydrogen-bond donors (Lipinski definition) is 1. The number of aryl methyl sites for hydroxylation is 1. The van der Waals surface area contributed by atoms with Gasteiger partial charge >= 0.3 is 0 Å². The maximum atomic E-state index is 11.9. The average molecular weight is 312 g/mol. The van der Waals surface area contributed by atoms with E-state index in [9.17, 15) is 4.79 Å². The Morgan fingerprint density at radius 2 is 2.09 bits per heavy atom. The molecule has 7 heteroatoms. The maximum absolute atomic E-state index is 11.9. The number of hydrogen-bond acceptors (Lipinski definition) is 6. The molecule has 0 aliphatic heterocycles. The molecule has 6 nitrogen and oxygen atoms in total. The Morgan fingerprint density at radius 1 is 1.27 bits per heavy atom. The fourth-order valence-electron chi connectivity index (χ4n) is 1.80. The first-order valence-corrected chi connectivity index (χ1v) is 7.31. The molecule has 0 saturated carbocycles. The second kappa shape index (κ2) is 6.31. The Hall–Kier alpha value is -2.80. The summed E-state index contributed by atoms with van der Waals surface area (Å²) in [5.74, 6) is 0.316. The first-order valence-electron chi connectivity index (χ1n) is 6.49. The highest BCUT2D eigenvalue weighted by atomic mass is 32.1.